The molecule has 2 rings (SSSR count). The second kappa shape index (κ2) is 6.38. The largest absolute Gasteiger partial charge is 0.447 e. The van der Waals surface area contributed by atoms with Gasteiger partial charge >= 0.3 is 6.09 Å². The molecule has 0 aliphatic carbocycles. The fourth-order valence-corrected chi connectivity index (χ4v) is 2.06. The first-order valence-electron chi connectivity index (χ1n) is 6.72. The van der Waals surface area contributed by atoms with Gasteiger partial charge < -0.3 is 15.8 Å². The van der Waals surface area contributed by atoms with Crippen LogP contribution in [0.1, 0.15) is 19.8 Å². The average molecular weight is 277 g/mol. The van der Waals surface area contributed by atoms with Crippen LogP contribution in [0.5, 0.6) is 0 Å². The number of carbonyl (C=O) groups excluding carboxylic acids is 2. The zero-order valence-corrected chi connectivity index (χ0v) is 11.5. The van der Waals surface area contributed by atoms with Gasteiger partial charge in [-0.1, -0.05) is 19.4 Å². The number of nitrogens with one attached hydrogen (secondary N) is 1. The summed E-state index contributed by atoms with van der Waals surface area (Å²) in [6.45, 7) is 2.88. The van der Waals surface area contributed by atoms with E-state index in [-0.39, 0.29) is 12.0 Å². The highest BCUT2D eigenvalue weighted by atomic mass is 16.6. The maximum absolute atomic E-state index is 11.9. The summed E-state index contributed by atoms with van der Waals surface area (Å²) < 4.78 is 4.89. The van der Waals surface area contributed by atoms with Gasteiger partial charge in [0.05, 0.1) is 12.6 Å². The highest BCUT2D eigenvalue weighted by molar-refractivity contribution is 5.96. The first-order chi connectivity index (χ1) is 9.61. The molecule has 0 aromatic heterocycles. The molecular weight excluding hydrogens is 258 g/mol. The minimum Gasteiger partial charge on any atom is -0.447 e. The molecule has 1 aromatic rings. The molecule has 1 fully saturated rings. The van der Waals surface area contributed by atoms with Crippen LogP contribution in [0.15, 0.2) is 24.3 Å². The molecule has 1 saturated heterocycles. The van der Waals surface area contributed by atoms with Crippen molar-refractivity contribution in [3.05, 3.63) is 24.3 Å². The van der Waals surface area contributed by atoms with Crippen molar-refractivity contribution in [2.24, 2.45) is 5.73 Å². The second-order valence-electron chi connectivity index (χ2n) is 4.70. The first kappa shape index (κ1) is 14.3. The molecule has 1 aliphatic heterocycles. The lowest BCUT2D eigenvalue weighted by molar-refractivity contribution is -0.117. The van der Waals surface area contributed by atoms with Gasteiger partial charge in [0.15, 0.2) is 0 Å². The lowest BCUT2D eigenvalue weighted by Gasteiger charge is -2.15. The van der Waals surface area contributed by atoms with Crippen LogP contribution in [0.25, 0.3) is 0 Å². The highest BCUT2D eigenvalue weighted by Crippen LogP contribution is 2.22. The fraction of sp³-hybridized carbons (Fsp3) is 0.429. The molecule has 0 bridgehead atoms. The Morgan fingerprint density at radius 1 is 1.55 bits per heavy atom. The van der Waals surface area contributed by atoms with Crippen LogP contribution in [0.2, 0.25) is 0 Å². The van der Waals surface area contributed by atoms with E-state index in [1.54, 1.807) is 24.3 Å². The number of nitrogens with zero attached hydrogens (tertiary/aromatic N) is 1. The van der Waals surface area contributed by atoms with E-state index in [9.17, 15) is 9.59 Å². The van der Waals surface area contributed by atoms with E-state index >= 15 is 0 Å². The number of ether oxygens (including phenoxy) is 1. The Kier molecular flexibility index (Phi) is 4.57. The normalized spacial score (nSPS) is 15.9. The molecule has 1 atom stereocenters. The van der Waals surface area contributed by atoms with Crippen molar-refractivity contribution in [3.8, 4) is 0 Å². The number of anilines is 2. The number of nitrogens with two attached hydrogens (primary N) is 1. The average Bonchev–Trinajstić information content (AvgIpc) is 2.85. The predicted octanol–water partition coefficient (Wildman–Crippen LogP) is 1.71. The van der Waals surface area contributed by atoms with Crippen molar-refractivity contribution in [1.29, 1.82) is 0 Å². The van der Waals surface area contributed by atoms with Gasteiger partial charge in [-0.3, -0.25) is 9.69 Å². The van der Waals surface area contributed by atoms with Crippen LogP contribution in [0.3, 0.4) is 0 Å². The molecule has 2 amide bonds. The predicted molar refractivity (Wildman–Crippen MR) is 76.6 cm³/mol. The third-order valence-electron chi connectivity index (χ3n) is 3.12. The monoisotopic (exact) mass is 277 g/mol. The van der Waals surface area contributed by atoms with E-state index in [4.69, 9.17) is 10.5 Å². The van der Waals surface area contributed by atoms with Crippen LogP contribution >= 0.6 is 0 Å². The van der Waals surface area contributed by atoms with Crippen molar-refractivity contribution < 1.29 is 14.3 Å². The SMILES string of the molecule is CCCC(N)C(=O)Nc1cccc(N2CCOC2=O)c1. The molecule has 1 aromatic carbocycles. The van der Waals surface area contributed by atoms with E-state index in [0.717, 1.165) is 6.42 Å². The van der Waals surface area contributed by atoms with Crippen molar-refractivity contribution >= 4 is 23.4 Å². The van der Waals surface area contributed by atoms with Crippen LogP contribution in [-0.4, -0.2) is 31.2 Å². The molecule has 0 radical (unpaired) electrons. The summed E-state index contributed by atoms with van der Waals surface area (Å²) in [5, 5.41) is 2.76. The van der Waals surface area contributed by atoms with Gasteiger partial charge in [0.2, 0.25) is 5.91 Å². The summed E-state index contributed by atoms with van der Waals surface area (Å²) in [5.74, 6) is -0.215. The number of carbonyl (C=O) groups is 2. The molecular formula is C14H19N3O3. The summed E-state index contributed by atoms with van der Waals surface area (Å²) in [6, 6.07) is 6.57. The Labute approximate surface area is 117 Å². The lowest BCUT2D eigenvalue weighted by Crippen LogP contribution is -2.35. The topological polar surface area (TPSA) is 84.7 Å². The third kappa shape index (κ3) is 3.27. The molecule has 0 saturated carbocycles. The van der Waals surface area contributed by atoms with Gasteiger partial charge in [-0.05, 0) is 24.6 Å². The van der Waals surface area contributed by atoms with Crippen LogP contribution in [-0.2, 0) is 9.53 Å². The molecule has 108 valence electrons. The van der Waals surface area contributed by atoms with E-state index in [2.05, 4.69) is 5.32 Å². The van der Waals surface area contributed by atoms with Gasteiger partial charge in [-0.25, -0.2) is 4.79 Å². The maximum Gasteiger partial charge on any atom is 0.414 e. The van der Waals surface area contributed by atoms with Crippen molar-refractivity contribution in [2.45, 2.75) is 25.8 Å². The Hall–Kier alpha value is -2.08. The minimum atomic E-state index is -0.514. The Morgan fingerprint density at radius 2 is 2.35 bits per heavy atom. The summed E-state index contributed by atoms with van der Waals surface area (Å²) in [5.41, 5.74) is 7.09. The Bertz CT molecular complexity index is 504. The molecule has 6 heteroatoms. The smallest absolute Gasteiger partial charge is 0.414 e. The summed E-state index contributed by atoms with van der Waals surface area (Å²) in [6.07, 6.45) is 1.13. The van der Waals surface area contributed by atoms with Gasteiger partial charge in [-0.2, -0.15) is 0 Å². The van der Waals surface area contributed by atoms with Crippen molar-refractivity contribution in [1.82, 2.24) is 0 Å². The molecule has 20 heavy (non-hydrogen) atoms. The van der Waals surface area contributed by atoms with E-state index in [0.29, 0.717) is 30.9 Å². The van der Waals surface area contributed by atoms with E-state index in [1.165, 1.54) is 4.90 Å². The zero-order valence-electron chi connectivity index (χ0n) is 11.5. The summed E-state index contributed by atoms with van der Waals surface area (Å²) in [4.78, 5) is 24.9. The Morgan fingerprint density at radius 3 is 3.00 bits per heavy atom. The number of benzene rings is 1. The number of amides is 2. The van der Waals surface area contributed by atoms with Gasteiger partial charge in [0.25, 0.3) is 0 Å². The Balaban J connectivity index is 2.06. The van der Waals surface area contributed by atoms with Crippen molar-refractivity contribution in [3.63, 3.8) is 0 Å². The van der Waals surface area contributed by atoms with Crippen LogP contribution < -0.4 is 16.0 Å². The quantitative estimate of drug-likeness (QED) is 0.858. The summed E-state index contributed by atoms with van der Waals surface area (Å²) >= 11 is 0. The molecule has 1 heterocycles. The second-order valence-corrected chi connectivity index (χ2v) is 4.70. The van der Waals surface area contributed by atoms with Crippen LogP contribution in [0, 0.1) is 0 Å². The van der Waals surface area contributed by atoms with Crippen LogP contribution in [0.4, 0.5) is 16.2 Å². The standard InChI is InChI=1S/C14H19N3O3/c1-2-4-12(15)13(18)16-10-5-3-6-11(9-10)17-7-8-20-14(17)19/h3,5-6,9,12H,2,4,7-8,15H2,1H3,(H,16,18). The number of hydrogen-bond donors (Lipinski definition) is 2. The minimum absolute atomic E-state index is 0.215. The lowest BCUT2D eigenvalue weighted by atomic mass is 10.1. The number of cyclic esters (lactones) is 1. The highest BCUT2D eigenvalue weighted by Gasteiger charge is 2.23. The number of rotatable bonds is 5. The van der Waals surface area contributed by atoms with Gasteiger partial charge in [0.1, 0.15) is 6.61 Å². The summed E-state index contributed by atoms with van der Waals surface area (Å²) in [7, 11) is 0. The van der Waals surface area contributed by atoms with E-state index < -0.39 is 6.04 Å². The third-order valence-corrected chi connectivity index (χ3v) is 3.12. The number of hydrogen-bond acceptors (Lipinski definition) is 4. The van der Waals surface area contributed by atoms with Gasteiger partial charge in [-0.15, -0.1) is 0 Å². The molecule has 1 aliphatic rings. The maximum atomic E-state index is 11.9. The molecule has 3 N–H and O–H groups in total. The van der Waals surface area contributed by atoms with Gasteiger partial charge in [0, 0.05) is 11.4 Å². The fourth-order valence-electron chi connectivity index (χ4n) is 2.06. The molecule has 1 unspecified atom stereocenters. The van der Waals surface area contributed by atoms with E-state index in [1.807, 2.05) is 6.92 Å². The first-order valence-corrected chi connectivity index (χ1v) is 6.72. The molecule has 0 spiro atoms. The molecule has 6 nitrogen and oxygen atoms in total. The van der Waals surface area contributed by atoms with Crippen molar-refractivity contribution in [2.75, 3.05) is 23.4 Å². The zero-order chi connectivity index (χ0) is 14.5.